The van der Waals surface area contributed by atoms with Crippen LogP contribution in [0.2, 0.25) is 0 Å². The molecule has 0 aromatic heterocycles. The van der Waals surface area contributed by atoms with Gasteiger partial charge in [-0.05, 0) is 37.4 Å². The Morgan fingerprint density at radius 1 is 1.18 bits per heavy atom. The van der Waals surface area contributed by atoms with Crippen molar-refractivity contribution in [2.24, 2.45) is 5.92 Å². The van der Waals surface area contributed by atoms with Crippen molar-refractivity contribution in [2.45, 2.75) is 45.4 Å². The number of anilines is 1. The van der Waals surface area contributed by atoms with Crippen molar-refractivity contribution in [3.05, 3.63) is 29.8 Å². The normalized spacial score (nSPS) is 21.0. The third-order valence-corrected chi connectivity index (χ3v) is 5.09. The Morgan fingerprint density at radius 2 is 1.93 bits per heavy atom. The minimum Gasteiger partial charge on any atom is -0.352 e. The zero-order chi connectivity index (χ0) is 19.9. The van der Waals surface area contributed by atoms with Gasteiger partial charge < -0.3 is 20.1 Å². The van der Waals surface area contributed by atoms with Crippen LogP contribution >= 0.6 is 0 Å². The standard InChI is InChI=1S/C21H31N3O4/c1-15(2)13-22-20(26)16-7-3-4-8-17(16)23-19(25)14-24-10-6-5-9-18(24)21-27-11-12-28-21/h3-4,7-8,15,18,21H,5-6,9-14H2,1-2H3,(H,22,26)(H,23,25). The fraction of sp³-hybridized carbons (Fsp3) is 0.619. The highest BCUT2D eigenvalue weighted by atomic mass is 16.7. The first kappa shape index (κ1) is 20.8. The van der Waals surface area contributed by atoms with Crippen molar-refractivity contribution in [1.29, 1.82) is 0 Å². The molecule has 1 aromatic rings. The third-order valence-electron chi connectivity index (χ3n) is 5.09. The Hall–Kier alpha value is -1.96. The first-order valence-electron chi connectivity index (χ1n) is 10.2. The number of benzene rings is 1. The van der Waals surface area contributed by atoms with E-state index in [0.29, 0.717) is 36.9 Å². The van der Waals surface area contributed by atoms with E-state index in [-0.39, 0.29) is 30.7 Å². The molecule has 0 spiro atoms. The summed E-state index contributed by atoms with van der Waals surface area (Å²) in [6, 6.07) is 7.22. The van der Waals surface area contributed by atoms with Gasteiger partial charge in [-0.15, -0.1) is 0 Å². The van der Waals surface area contributed by atoms with Crippen LogP contribution in [-0.2, 0) is 14.3 Å². The summed E-state index contributed by atoms with van der Waals surface area (Å²) in [5.74, 6) is 0.0592. The number of amides is 2. The molecule has 28 heavy (non-hydrogen) atoms. The van der Waals surface area contributed by atoms with E-state index in [4.69, 9.17) is 9.47 Å². The van der Waals surface area contributed by atoms with E-state index in [1.54, 1.807) is 18.2 Å². The van der Waals surface area contributed by atoms with Gasteiger partial charge in [0.05, 0.1) is 37.1 Å². The number of carbonyl (C=O) groups excluding carboxylic acids is 2. The van der Waals surface area contributed by atoms with Crippen molar-refractivity contribution in [3.63, 3.8) is 0 Å². The topological polar surface area (TPSA) is 79.9 Å². The third kappa shape index (κ3) is 5.53. The highest BCUT2D eigenvalue weighted by molar-refractivity contribution is 6.04. The van der Waals surface area contributed by atoms with Gasteiger partial charge in [0.15, 0.2) is 6.29 Å². The zero-order valence-corrected chi connectivity index (χ0v) is 16.8. The molecule has 1 aromatic carbocycles. The average molecular weight is 389 g/mol. The van der Waals surface area contributed by atoms with E-state index >= 15 is 0 Å². The molecule has 7 nitrogen and oxygen atoms in total. The molecule has 2 fully saturated rings. The van der Waals surface area contributed by atoms with Crippen LogP contribution in [0.1, 0.15) is 43.5 Å². The van der Waals surface area contributed by atoms with E-state index in [1.165, 1.54) is 0 Å². The van der Waals surface area contributed by atoms with E-state index in [0.717, 1.165) is 25.8 Å². The van der Waals surface area contributed by atoms with Gasteiger partial charge in [0.2, 0.25) is 5.91 Å². The summed E-state index contributed by atoms with van der Waals surface area (Å²) in [7, 11) is 0. The second kappa shape index (κ2) is 10.0. The van der Waals surface area contributed by atoms with Crippen LogP contribution in [0.3, 0.4) is 0 Å². The number of hydrogen-bond donors (Lipinski definition) is 2. The van der Waals surface area contributed by atoms with Crippen LogP contribution in [0.4, 0.5) is 5.69 Å². The first-order valence-corrected chi connectivity index (χ1v) is 10.2. The molecule has 7 heteroatoms. The molecule has 2 saturated heterocycles. The lowest BCUT2D eigenvalue weighted by Crippen LogP contribution is -2.50. The highest BCUT2D eigenvalue weighted by Crippen LogP contribution is 2.24. The second-order valence-corrected chi connectivity index (χ2v) is 7.84. The van der Waals surface area contributed by atoms with Crippen molar-refractivity contribution < 1.29 is 19.1 Å². The Balaban J connectivity index is 1.62. The van der Waals surface area contributed by atoms with Crippen molar-refractivity contribution in [1.82, 2.24) is 10.2 Å². The van der Waals surface area contributed by atoms with E-state index in [9.17, 15) is 9.59 Å². The maximum absolute atomic E-state index is 12.7. The summed E-state index contributed by atoms with van der Waals surface area (Å²) in [5.41, 5.74) is 1.02. The SMILES string of the molecule is CC(C)CNC(=O)c1ccccc1NC(=O)CN1CCCCC1C1OCCO1. The predicted octanol–water partition coefficient (Wildman–Crippen LogP) is 2.24. The molecule has 2 N–H and O–H groups in total. The zero-order valence-electron chi connectivity index (χ0n) is 16.8. The minimum atomic E-state index is -0.248. The quantitative estimate of drug-likeness (QED) is 0.748. The van der Waals surface area contributed by atoms with Crippen molar-refractivity contribution in [3.8, 4) is 0 Å². The average Bonchev–Trinajstić information content (AvgIpc) is 3.21. The number of para-hydroxylation sites is 1. The number of piperidine rings is 1. The largest absolute Gasteiger partial charge is 0.352 e. The number of hydrogen-bond acceptors (Lipinski definition) is 5. The molecular weight excluding hydrogens is 358 g/mol. The molecule has 154 valence electrons. The maximum atomic E-state index is 12.7. The molecule has 0 radical (unpaired) electrons. The van der Waals surface area contributed by atoms with Crippen LogP contribution in [0.5, 0.6) is 0 Å². The van der Waals surface area contributed by atoms with Gasteiger partial charge in [0.1, 0.15) is 0 Å². The molecule has 3 rings (SSSR count). The maximum Gasteiger partial charge on any atom is 0.253 e. The molecule has 2 aliphatic rings. The van der Waals surface area contributed by atoms with Gasteiger partial charge in [-0.1, -0.05) is 32.4 Å². The molecule has 1 unspecified atom stereocenters. The molecule has 0 aliphatic carbocycles. The molecule has 2 amide bonds. The summed E-state index contributed by atoms with van der Waals surface area (Å²) in [6.07, 6.45) is 2.89. The highest BCUT2D eigenvalue weighted by Gasteiger charge is 2.34. The summed E-state index contributed by atoms with van der Waals surface area (Å²) in [5, 5.41) is 5.82. The molecule has 1 atom stereocenters. The minimum absolute atomic E-state index is 0.103. The van der Waals surface area contributed by atoms with Crippen LogP contribution in [0.25, 0.3) is 0 Å². The van der Waals surface area contributed by atoms with Crippen LogP contribution < -0.4 is 10.6 Å². The number of carbonyl (C=O) groups is 2. The Labute approximate surface area is 166 Å². The van der Waals surface area contributed by atoms with E-state index in [1.807, 2.05) is 19.9 Å². The van der Waals surface area contributed by atoms with Crippen LogP contribution in [0, 0.1) is 5.92 Å². The van der Waals surface area contributed by atoms with Gasteiger partial charge in [-0.2, -0.15) is 0 Å². The molecular formula is C21H31N3O4. The molecule has 2 heterocycles. The lowest BCUT2D eigenvalue weighted by Gasteiger charge is -2.37. The number of nitrogens with zero attached hydrogens (tertiary/aromatic N) is 1. The van der Waals surface area contributed by atoms with Crippen LogP contribution in [0.15, 0.2) is 24.3 Å². The molecule has 0 bridgehead atoms. The van der Waals surface area contributed by atoms with Gasteiger partial charge in [-0.25, -0.2) is 0 Å². The lowest BCUT2D eigenvalue weighted by molar-refractivity contribution is -0.127. The first-order chi connectivity index (χ1) is 13.5. The van der Waals surface area contributed by atoms with E-state index in [2.05, 4.69) is 15.5 Å². The van der Waals surface area contributed by atoms with Crippen molar-refractivity contribution in [2.75, 3.05) is 38.2 Å². The van der Waals surface area contributed by atoms with Crippen LogP contribution in [-0.4, -0.2) is 61.9 Å². The fourth-order valence-electron chi connectivity index (χ4n) is 3.68. The molecule has 0 saturated carbocycles. The number of likely N-dealkylation sites (tertiary alicyclic amines) is 1. The van der Waals surface area contributed by atoms with E-state index < -0.39 is 0 Å². The summed E-state index contributed by atoms with van der Waals surface area (Å²) >= 11 is 0. The van der Waals surface area contributed by atoms with Gasteiger partial charge in [0, 0.05) is 6.54 Å². The second-order valence-electron chi connectivity index (χ2n) is 7.84. The van der Waals surface area contributed by atoms with Crippen molar-refractivity contribution >= 4 is 17.5 Å². The summed E-state index contributed by atoms with van der Waals surface area (Å²) in [4.78, 5) is 27.3. The predicted molar refractivity (Wildman–Crippen MR) is 107 cm³/mol. The number of nitrogens with one attached hydrogen (secondary N) is 2. The van der Waals surface area contributed by atoms with Gasteiger partial charge in [-0.3, -0.25) is 14.5 Å². The smallest absolute Gasteiger partial charge is 0.253 e. The number of rotatable bonds is 7. The Kier molecular flexibility index (Phi) is 7.42. The Bertz CT molecular complexity index is 673. The number of ether oxygens (including phenoxy) is 2. The fourth-order valence-corrected chi connectivity index (χ4v) is 3.68. The Morgan fingerprint density at radius 3 is 2.68 bits per heavy atom. The lowest BCUT2D eigenvalue weighted by atomic mass is 10.0. The monoisotopic (exact) mass is 389 g/mol. The summed E-state index contributed by atoms with van der Waals surface area (Å²) in [6.45, 7) is 7.01. The van der Waals surface area contributed by atoms with Gasteiger partial charge in [0.25, 0.3) is 5.91 Å². The van der Waals surface area contributed by atoms with Gasteiger partial charge >= 0.3 is 0 Å². The molecule has 2 aliphatic heterocycles. The summed E-state index contributed by atoms with van der Waals surface area (Å²) < 4.78 is 11.3.